The molecular formula is C33H44N2O5S. The van der Waals surface area contributed by atoms with E-state index in [1.54, 1.807) is 12.1 Å². The molecule has 222 valence electrons. The van der Waals surface area contributed by atoms with E-state index < -0.39 is 21.8 Å². The summed E-state index contributed by atoms with van der Waals surface area (Å²) >= 11 is 0. The van der Waals surface area contributed by atoms with Crippen molar-refractivity contribution >= 4 is 21.9 Å². The minimum absolute atomic E-state index is 0.0206. The Bertz CT molecular complexity index is 1350. The highest BCUT2D eigenvalue weighted by Gasteiger charge is 2.46. The molecule has 6 atom stereocenters. The first-order valence-electron chi connectivity index (χ1n) is 15.1. The smallest absolute Gasteiger partial charge is 0.266 e. The molecule has 3 bridgehead atoms. The van der Waals surface area contributed by atoms with Crippen molar-refractivity contribution in [3.8, 4) is 0 Å². The van der Waals surface area contributed by atoms with Crippen molar-refractivity contribution in [2.24, 2.45) is 23.7 Å². The maximum absolute atomic E-state index is 14.0. The molecule has 7 nitrogen and oxygen atoms in total. The molecule has 2 aromatic carbocycles. The van der Waals surface area contributed by atoms with Crippen LogP contribution in [0.4, 0.5) is 0 Å². The number of fused-ring (bicyclic) bond motifs is 2. The third-order valence-electron chi connectivity index (χ3n) is 9.68. The van der Waals surface area contributed by atoms with Crippen LogP contribution in [0.25, 0.3) is 0 Å². The number of hydrogen-bond donors (Lipinski definition) is 3. The topological polar surface area (TPSA) is 113 Å². The molecule has 2 amide bonds. The maximum Gasteiger partial charge on any atom is 0.266 e. The molecular weight excluding hydrogens is 536 g/mol. The van der Waals surface area contributed by atoms with Crippen molar-refractivity contribution in [3.63, 3.8) is 0 Å². The lowest BCUT2D eigenvalue weighted by Crippen LogP contribution is -2.43. The number of benzene rings is 2. The summed E-state index contributed by atoms with van der Waals surface area (Å²) in [6, 6.07) is 15.8. The van der Waals surface area contributed by atoms with Gasteiger partial charge in [0.25, 0.3) is 16.0 Å². The van der Waals surface area contributed by atoms with Gasteiger partial charge in [0.1, 0.15) is 0 Å². The van der Waals surface area contributed by atoms with Crippen molar-refractivity contribution in [1.29, 1.82) is 0 Å². The number of nitrogens with one attached hydrogen (secondary N) is 2. The van der Waals surface area contributed by atoms with Crippen LogP contribution in [0.2, 0.25) is 0 Å². The lowest BCUT2D eigenvalue weighted by atomic mass is 9.80. The molecule has 41 heavy (non-hydrogen) atoms. The summed E-state index contributed by atoms with van der Waals surface area (Å²) in [6.07, 6.45) is 8.10. The van der Waals surface area contributed by atoms with Crippen LogP contribution in [0.3, 0.4) is 0 Å². The quantitative estimate of drug-likeness (QED) is 0.351. The fourth-order valence-electron chi connectivity index (χ4n) is 7.56. The van der Waals surface area contributed by atoms with Gasteiger partial charge in [-0.3, -0.25) is 14.1 Å². The van der Waals surface area contributed by atoms with E-state index in [1.807, 2.05) is 12.1 Å². The molecule has 0 aliphatic heterocycles. The van der Waals surface area contributed by atoms with E-state index in [0.29, 0.717) is 17.9 Å². The molecule has 8 heteroatoms. The van der Waals surface area contributed by atoms with Gasteiger partial charge in [-0.05, 0) is 103 Å². The second-order valence-corrected chi connectivity index (χ2v) is 15.2. The molecule has 0 saturated heterocycles. The number of hydrogen-bond acceptors (Lipinski definition) is 4. The molecule has 0 spiro atoms. The number of rotatable bonds is 9. The molecule has 5 rings (SSSR count). The molecule has 0 radical (unpaired) electrons. The SMILES string of the molecule is CC(C)(C)c1ccc(C(Cc2ccc(C(=O)NCCS(=O)(=O)O)cc2)C(=O)NC2CC[C@H]3CC4C[C@@H](C3)C[C@@H]42)cc1. The molecule has 3 aliphatic carbocycles. The first-order valence-corrected chi connectivity index (χ1v) is 16.7. The predicted molar refractivity (Wildman–Crippen MR) is 160 cm³/mol. The first kappa shape index (κ1) is 29.8. The highest BCUT2D eigenvalue weighted by Crippen LogP contribution is 2.53. The van der Waals surface area contributed by atoms with Gasteiger partial charge in [0.05, 0.1) is 11.7 Å². The summed E-state index contributed by atoms with van der Waals surface area (Å²) in [5.74, 6) is 1.80. The Hall–Kier alpha value is -2.71. The van der Waals surface area contributed by atoms with Crippen LogP contribution >= 0.6 is 0 Å². The molecule has 3 fully saturated rings. The highest BCUT2D eigenvalue weighted by atomic mass is 32.2. The Kier molecular flexibility index (Phi) is 8.63. The predicted octanol–water partition coefficient (Wildman–Crippen LogP) is 5.26. The van der Waals surface area contributed by atoms with E-state index in [4.69, 9.17) is 4.55 Å². The zero-order valence-electron chi connectivity index (χ0n) is 24.4. The van der Waals surface area contributed by atoms with Crippen LogP contribution < -0.4 is 10.6 Å². The second kappa shape index (κ2) is 11.9. The number of carbonyl (C=O) groups is 2. The Morgan fingerprint density at radius 1 is 0.927 bits per heavy atom. The van der Waals surface area contributed by atoms with E-state index >= 15 is 0 Å². The highest BCUT2D eigenvalue weighted by molar-refractivity contribution is 7.85. The van der Waals surface area contributed by atoms with Gasteiger partial charge >= 0.3 is 0 Å². The van der Waals surface area contributed by atoms with Crippen molar-refractivity contribution in [2.75, 3.05) is 12.3 Å². The van der Waals surface area contributed by atoms with Gasteiger partial charge in [-0.2, -0.15) is 8.42 Å². The molecule has 0 aromatic heterocycles. The second-order valence-electron chi connectivity index (χ2n) is 13.7. The Labute approximate surface area is 244 Å². The maximum atomic E-state index is 14.0. The van der Waals surface area contributed by atoms with E-state index in [9.17, 15) is 18.0 Å². The van der Waals surface area contributed by atoms with Crippen LogP contribution in [0.5, 0.6) is 0 Å². The van der Waals surface area contributed by atoms with Crippen molar-refractivity contribution in [2.45, 2.75) is 83.1 Å². The molecule has 2 aromatic rings. The zero-order chi connectivity index (χ0) is 29.4. The Balaban J connectivity index is 1.32. The summed E-state index contributed by atoms with van der Waals surface area (Å²) in [4.78, 5) is 26.4. The Morgan fingerprint density at radius 3 is 2.27 bits per heavy atom. The van der Waals surface area contributed by atoms with Crippen molar-refractivity contribution in [1.82, 2.24) is 10.6 Å². The fraction of sp³-hybridized carbons (Fsp3) is 0.576. The molecule has 0 heterocycles. The van der Waals surface area contributed by atoms with E-state index in [2.05, 4.69) is 55.7 Å². The van der Waals surface area contributed by atoms with Gasteiger partial charge in [-0.1, -0.05) is 57.2 Å². The average molecular weight is 581 g/mol. The summed E-state index contributed by atoms with van der Waals surface area (Å²) in [7, 11) is -4.14. The first-order chi connectivity index (χ1) is 19.4. The summed E-state index contributed by atoms with van der Waals surface area (Å²) in [5.41, 5.74) is 3.57. The lowest BCUT2D eigenvalue weighted by molar-refractivity contribution is -0.123. The number of carbonyl (C=O) groups excluding carboxylic acids is 2. The molecule has 3 unspecified atom stereocenters. The summed E-state index contributed by atoms with van der Waals surface area (Å²) < 4.78 is 30.7. The van der Waals surface area contributed by atoms with Gasteiger partial charge in [0.15, 0.2) is 0 Å². The minimum atomic E-state index is -4.14. The summed E-state index contributed by atoms with van der Waals surface area (Å²) in [5, 5.41) is 6.04. The lowest BCUT2D eigenvalue weighted by Gasteiger charge is -2.29. The van der Waals surface area contributed by atoms with Gasteiger partial charge in [0, 0.05) is 18.2 Å². The van der Waals surface area contributed by atoms with Crippen molar-refractivity contribution < 1.29 is 22.6 Å². The third kappa shape index (κ3) is 7.39. The average Bonchev–Trinajstić information content (AvgIpc) is 3.15. The zero-order valence-corrected chi connectivity index (χ0v) is 25.3. The van der Waals surface area contributed by atoms with Crippen LogP contribution in [-0.4, -0.2) is 43.1 Å². The minimum Gasteiger partial charge on any atom is -0.353 e. The molecule has 3 aliphatic rings. The van der Waals surface area contributed by atoms with Crippen LogP contribution in [-0.2, 0) is 26.7 Å². The molecule has 3 N–H and O–H groups in total. The monoisotopic (exact) mass is 580 g/mol. The Morgan fingerprint density at radius 2 is 1.61 bits per heavy atom. The fourth-order valence-corrected chi connectivity index (χ4v) is 7.92. The van der Waals surface area contributed by atoms with E-state index in [0.717, 1.165) is 35.3 Å². The number of amides is 2. The van der Waals surface area contributed by atoms with Gasteiger partial charge in [0.2, 0.25) is 5.91 Å². The molecule has 3 saturated carbocycles. The third-order valence-corrected chi connectivity index (χ3v) is 10.4. The van der Waals surface area contributed by atoms with Gasteiger partial charge in [-0.15, -0.1) is 0 Å². The van der Waals surface area contributed by atoms with Gasteiger partial charge < -0.3 is 10.6 Å². The van der Waals surface area contributed by atoms with Crippen LogP contribution in [0, 0.1) is 23.7 Å². The standard InChI is InChI=1S/C33H44N2O5S/c1-33(2,3)27-11-9-24(10-12-27)29(19-21-4-7-25(8-5-21)31(36)34-14-15-41(38,39)40)32(37)35-30-13-6-22-16-23-18-26(17-22)28(30)20-23/h4-5,7-12,22-23,26,28-30H,6,13-20H2,1-3H3,(H,34,36)(H,35,37)(H,38,39,40)/t22-,23-,26?,28+,29?,30?/m1/s1. The van der Waals surface area contributed by atoms with Crippen LogP contribution in [0.15, 0.2) is 48.5 Å². The van der Waals surface area contributed by atoms with Gasteiger partial charge in [-0.25, -0.2) is 0 Å². The van der Waals surface area contributed by atoms with Crippen LogP contribution in [0.1, 0.15) is 92.3 Å². The van der Waals surface area contributed by atoms with E-state index in [-0.39, 0.29) is 29.8 Å². The largest absolute Gasteiger partial charge is 0.353 e. The summed E-state index contributed by atoms with van der Waals surface area (Å²) in [6.45, 7) is 6.38. The van der Waals surface area contributed by atoms with Crippen molar-refractivity contribution in [3.05, 3.63) is 70.8 Å². The normalized spacial score (nSPS) is 26.3. The van der Waals surface area contributed by atoms with E-state index in [1.165, 1.54) is 37.7 Å².